The van der Waals surface area contributed by atoms with Crippen LogP contribution >= 0.6 is 0 Å². The Hall–Kier alpha value is -2.64. The molecule has 4 N–H and O–H groups in total. The minimum atomic E-state index is -3.68. The average Bonchev–Trinajstić information content (AvgIpc) is 2.90. The molecule has 0 unspecified atom stereocenters. The topological polar surface area (TPSA) is 105 Å². The number of sulfonamides is 1. The quantitative estimate of drug-likeness (QED) is 0.606. The van der Waals surface area contributed by atoms with E-state index in [0.29, 0.717) is 19.4 Å². The van der Waals surface area contributed by atoms with Crippen LogP contribution in [0.5, 0.6) is 0 Å². The number of fused-ring (bicyclic) bond motifs is 1. The van der Waals surface area contributed by atoms with Crippen LogP contribution < -0.4 is 10.5 Å². The predicted octanol–water partition coefficient (Wildman–Crippen LogP) is 2.33. The first-order valence-electron chi connectivity index (χ1n) is 8.70. The zero-order valence-corrected chi connectivity index (χ0v) is 16.2. The summed E-state index contributed by atoms with van der Waals surface area (Å²) in [5.74, 6) is -0.0401. The number of carbonyl (C=O) groups is 1. The lowest BCUT2D eigenvalue weighted by atomic mass is 10.1. The van der Waals surface area contributed by atoms with E-state index in [1.807, 2.05) is 26.0 Å². The lowest BCUT2D eigenvalue weighted by molar-refractivity contribution is -0.120. The van der Waals surface area contributed by atoms with Gasteiger partial charge in [-0.05, 0) is 55.7 Å². The molecule has 0 bridgehead atoms. The molecule has 2 aromatic carbocycles. The van der Waals surface area contributed by atoms with Crippen molar-refractivity contribution < 1.29 is 13.2 Å². The number of aromatic amines is 1. The maximum atomic E-state index is 12.3. The highest BCUT2D eigenvalue weighted by atomic mass is 32.2. The minimum Gasteiger partial charge on any atom is -0.358 e. The number of aromatic nitrogens is 1. The van der Waals surface area contributed by atoms with Crippen molar-refractivity contribution in [3.63, 3.8) is 0 Å². The van der Waals surface area contributed by atoms with E-state index in [-0.39, 0.29) is 10.8 Å². The number of benzene rings is 2. The van der Waals surface area contributed by atoms with Crippen molar-refractivity contribution in [2.75, 3.05) is 6.54 Å². The van der Waals surface area contributed by atoms with Crippen molar-refractivity contribution in [1.82, 2.24) is 10.3 Å². The fourth-order valence-corrected chi connectivity index (χ4v) is 3.65. The predicted molar refractivity (Wildman–Crippen MR) is 106 cm³/mol. The van der Waals surface area contributed by atoms with E-state index in [9.17, 15) is 13.2 Å². The minimum absolute atomic E-state index is 0.0401. The number of aryl methyl sites for hydroxylation is 2. The number of rotatable bonds is 6. The lowest BCUT2D eigenvalue weighted by Crippen LogP contribution is -2.27. The maximum Gasteiger partial charge on any atom is 0.238 e. The monoisotopic (exact) mass is 385 g/mol. The zero-order chi connectivity index (χ0) is 19.6. The third kappa shape index (κ3) is 4.56. The number of amides is 1. The second kappa shape index (κ2) is 7.54. The van der Waals surface area contributed by atoms with Crippen LogP contribution in [0.2, 0.25) is 0 Å². The Bertz CT molecular complexity index is 1080. The highest BCUT2D eigenvalue weighted by molar-refractivity contribution is 7.89. The van der Waals surface area contributed by atoms with Gasteiger partial charge < -0.3 is 10.3 Å². The highest BCUT2D eigenvalue weighted by Gasteiger charge is 2.12. The van der Waals surface area contributed by atoms with Gasteiger partial charge in [0, 0.05) is 23.1 Å². The molecule has 0 aliphatic heterocycles. The number of primary sulfonamides is 1. The Morgan fingerprint density at radius 2 is 1.81 bits per heavy atom. The zero-order valence-electron chi connectivity index (χ0n) is 15.4. The van der Waals surface area contributed by atoms with Gasteiger partial charge in [-0.1, -0.05) is 23.8 Å². The largest absolute Gasteiger partial charge is 0.358 e. The third-order valence-corrected chi connectivity index (χ3v) is 5.53. The first-order valence-corrected chi connectivity index (χ1v) is 10.2. The van der Waals surface area contributed by atoms with Gasteiger partial charge in [0.25, 0.3) is 0 Å². The van der Waals surface area contributed by atoms with E-state index >= 15 is 0 Å². The molecular weight excluding hydrogens is 362 g/mol. The summed E-state index contributed by atoms with van der Waals surface area (Å²) in [6.07, 6.45) is 0.933. The van der Waals surface area contributed by atoms with E-state index in [2.05, 4.69) is 16.4 Å². The van der Waals surface area contributed by atoms with Crippen molar-refractivity contribution in [3.05, 3.63) is 64.8 Å². The van der Waals surface area contributed by atoms with E-state index in [4.69, 9.17) is 5.14 Å². The van der Waals surface area contributed by atoms with Crippen LogP contribution in [0.15, 0.2) is 47.4 Å². The summed E-state index contributed by atoms with van der Waals surface area (Å²) >= 11 is 0. The molecule has 0 spiro atoms. The van der Waals surface area contributed by atoms with Crippen LogP contribution in [-0.4, -0.2) is 25.9 Å². The molecule has 1 amide bonds. The standard InChI is InChI=1S/C20H23N3O3S/c1-13-3-8-19-18(11-13)17(14(2)23-19)12-20(24)22-10-9-15-4-6-16(7-5-15)27(21,25)26/h3-8,11,23H,9-10,12H2,1-2H3,(H,22,24)(H2,21,25,26). The normalized spacial score (nSPS) is 11.7. The van der Waals surface area contributed by atoms with Gasteiger partial charge >= 0.3 is 0 Å². The van der Waals surface area contributed by atoms with E-state index < -0.39 is 10.0 Å². The van der Waals surface area contributed by atoms with Gasteiger partial charge in [0.05, 0.1) is 11.3 Å². The Morgan fingerprint density at radius 1 is 1.11 bits per heavy atom. The summed E-state index contributed by atoms with van der Waals surface area (Å²) in [5.41, 5.74) is 5.15. The lowest BCUT2D eigenvalue weighted by Gasteiger charge is -2.07. The molecule has 6 nitrogen and oxygen atoms in total. The number of carbonyl (C=O) groups excluding carboxylic acids is 1. The number of hydrogen-bond acceptors (Lipinski definition) is 3. The number of nitrogens with two attached hydrogens (primary N) is 1. The highest BCUT2D eigenvalue weighted by Crippen LogP contribution is 2.23. The van der Waals surface area contributed by atoms with Crippen LogP contribution in [0.4, 0.5) is 0 Å². The van der Waals surface area contributed by atoms with Crippen LogP contribution in [0.25, 0.3) is 10.9 Å². The second-order valence-electron chi connectivity index (χ2n) is 6.74. The van der Waals surface area contributed by atoms with Crippen LogP contribution in [0.3, 0.4) is 0 Å². The smallest absolute Gasteiger partial charge is 0.238 e. The second-order valence-corrected chi connectivity index (χ2v) is 8.30. The third-order valence-electron chi connectivity index (χ3n) is 4.60. The van der Waals surface area contributed by atoms with Gasteiger partial charge in [-0.15, -0.1) is 0 Å². The van der Waals surface area contributed by atoms with Gasteiger partial charge in [-0.25, -0.2) is 13.6 Å². The van der Waals surface area contributed by atoms with Gasteiger partial charge in [-0.3, -0.25) is 4.79 Å². The van der Waals surface area contributed by atoms with Crippen LogP contribution in [0, 0.1) is 13.8 Å². The van der Waals surface area contributed by atoms with Gasteiger partial charge in [0.2, 0.25) is 15.9 Å². The molecule has 1 aromatic heterocycles. The molecule has 3 rings (SSSR count). The van der Waals surface area contributed by atoms with Gasteiger partial charge in [0.15, 0.2) is 0 Å². The number of hydrogen-bond donors (Lipinski definition) is 3. The van der Waals surface area contributed by atoms with E-state index in [1.165, 1.54) is 12.1 Å². The summed E-state index contributed by atoms with van der Waals surface area (Å²) in [5, 5.41) is 9.09. The van der Waals surface area contributed by atoms with Crippen molar-refractivity contribution in [3.8, 4) is 0 Å². The van der Waals surface area contributed by atoms with E-state index in [1.54, 1.807) is 12.1 Å². The Labute approximate surface area is 158 Å². The Kier molecular flexibility index (Phi) is 5.34. The molecule has 0 saturated carbocycles. The molecule has 0 atom stereocenters. The van der Waals surface area contributed by atoms with Crippen LogP contribution in [0.1, 0.15) is 22.4 Å². The number of H-pyrrole nitrogens is 1. The van der Waals surface area contributed by atoms with Gasteiger partial charge in [0.1, 0.15) is 0 Å². The van der Waals surface area contributed by atoms with E-state index in [0.717, 1.165) is 33.3 Å². The van der Waals surface area contributed by atoms with Crippen LogP contribution in [-0.2, 0) is 27.7 Å². The Morgan fingerprint density at radius 3 is 2.48 bits per heavy atom. The Balaban J connectivity index is 1.59. The van der Waals surface area contributed by atoms with Crippen molar-refractivity contribution in [2.45, 2.75) is 31.6 Å². The van der Waals surface area contributed by atoms with Gasteiger partial charge in [-0.2, -0.15) is 0 Å². The average molecular weight is 385 g/mol. The maximum absolute atomic E-state index is 12.3. The van der Waals surface area contributed by atoms with Crippen molar-refractivity contribution in [1.29, 1.82) is 0 Å². The molecule has 27 heavy (non-hydrogen) atoms. The molecule has 0 aliphatic carbocycles. The summed E-state index contributed by atoms with van der Waals surface area (Å²) in [6, 6.07) is 12.5. The summed E-state index contributed by atoms with van der Waals surface area (Å²) in [6.45, 7) is 4.49. The summed E-state index contributed by atoms with van der Waals surface area (Å²) in [4.78, 5) is 15.7. The molecule has 0 aliphatic rings. The van der Waals surface area contributed by atoms with Crippen molar-refractivity contribution in [2.24, 2.45) is 5.14 Å². The van der Waals surface area contributed by atoms with Crippen molar-refractivity contribution >= 4 is 26.8 Å². The SMILES string of the molecule is Cc1ccc2[nH]c(C)c(CC(=O)NCCc3ccc(S(N)(=O)=O)cc3)c2c1. The molecule has 3 aromatic rings. The molecule has 0 fully saturated rings. The molecule has 0 saturated heterocycles. The molecule has 1 heterocycles. The fraction of sp³-hybridized carbons (Fsp3) is 0.250. The first-order chi connectivity index (χ1) is 12.7. The number of nitrogens with one attached hydrogen (secondary N) is 2. The molecule has 142 valence electrons. The summed E-state index contributed by atoms with van der Waals surface area (Å²) in [7, 11) is -3.68. The molecule has 7 heteroatoms. The first kappa shape index (κ1) is 19.1. The molecule has 0 radical (unpaired) electrons. The summed E-state index contributed by atoms with van der Waals surface area (Å²) < 4.78 is 22.5. The fourth-order valence-electron chi connectivity index (χ4n) is 3.14. The molecular formula is C20H23N3O3S.